The minimum absolute atomic E-state index is 0. The molecule has 1 aromatic rings. The summed E-state index contributed by atoms with van der Waals surface area (Å²) in [6.45, 7) is 3.42. The van der Waals surface area contributed by atoms with Crippen molar-refractivity contribution in [3.8, 4) is 0 Å². The van der Waals surface area contributed by atoms with Gasteiger partial charge in [-0.15, -0.1) is 12.4 Å². The quantitative estimate of drug-likeness (QED) is 0.623. The summed E-state index contributed by atoms with van der Waals surface area (Å²) in [4.78, 5) is 12.1. The standard InChI is InChI=1S/C17H25ClN2O.ClH/c1-13-8-9-15(16(18)12-13)17(21)20-11-10-19-14-6-4-2-3-5-7-14;/h8-9,12,14,19H,2-7,10-11H2,1H3,(H,20,21);1H. The number of nitrogens with one attached hydrogen (secondary N) is 2. The van der Waals surface area contributed by atoms with Crippen LogP contribution in [0.1, 0.15) is 54.4 Å². The normalized spacial score (nSPS) is 15.7. The van der Waals surface area contributed by atoms with Crippen molar-refractivity contribution in [2.75, 3.05) is 13.1 Å². The van der Waals surface area contributed by atoms with Crippen LogP contribution in [0.4, 0.5) is 0 Å². The van der Waals surface area contributed by atoms with Gasteiger partial charge >= 0.3 is 0 Å². The van der Waals surface area contributed by atoms with Gasteiger partial charge in [0.1, 0.15) is 0 Å². The zero-order chi connectivity index (χ0) is 15.1. The van der Waals surface area contributed by atoms with Gasteiger partial charge < -0.3 is 10.6 Å². The lowest BCUT2D eigenvalue weighted by molar-refractivity contribution is 0.0953. The topological polar surface area (TPSA) is 41.1 Å². The van der Waals surface area contributed by atoms with Crippen molar-refractivity contribution in [2.45, 2.75) is 51.5 Å². The molecule has 2 N–H and O–H groups in total. The Morgan fingerprint density at radius 3 is 2.50 bits per heavy atom. The monoisotopic (exact) mass is 344 g/mol. The summed E-state index contributed by atoms with van der Waals surface area (Å²) < 4.78 is 0. The van der Waals surface area contributed by atoms with Crippen molar-refractivity contribution in [1.29, 1.82) is 0 Å². The van der Waals surface area contributed by atoms with E-state index in [1.54, 1.807) is 6.07 Å². The molecule has 0 unspecified atom stereocenters. The second kappa shape index (κ2) is 10.1. The number of hydrogen-bond acceptors (Lipinski definition) is 2. The summed E-state index contributed by atoms with van der Waals surface area (Å²) in [6, 6.07) is 6.13. The van der Waals surface area contributed by atoms with Crippen LogP contribution >= 0.6 is 24.0 Å². The van der Waals surface area contributed by atoms with Crippen molar-refractivity contribution in [2.24, 2.45) is 0 Å². The van der Waals surface area contributed by atoms with Gasteiger partial charge in [-0.3, -0.25) is 4.79 Å². The van der Waals surface area contributed by atoms with Crippen LogP contribution in [0, 0.1) is 6.92 Å². The molecule has 0 atom stereocenters. The average molecular weight is 345 g/mol. The smallest absolute Gasteiger partial charge is 0.252 e. The molecule has 0 bridgehead atoms. The minimum atomic E-state index is -0.0948. The van der Waals surface area contributed by atoms with Crippen LogP contribution in [0.5, 0.6) is 0 Å². The number of carbonyl (C=O) groups excluding carboxylic acids is 1. The molecule has 1 aliphatic rings. The number of hydrogen-bond donors (Lipinski definition) is 2. The number of halogens is 2. The first-order valence-electron chi connectivity index (χ1n) is 7.94. The van der Waals surface area contributed by atoms with Gasteiger partial charge in [-0.2, -0.15) is 0 Å². The highest BCUT2D eigenvalue weighted by molar-refractivity contribution is 6.33. The largest absolute Gasteiger partial charge is 0.351 e. The lowest BCUT2D eigenvalue weighted by atomic mass is 10.1. The van der Waals surface area contributed by atoms with Crippen molar-refractivity contribution in [3.63, 3.8) is 0 Å². The Balaban J connectivity index is 0.00000242. The molecule has 3 nitrogen and oxygen atoms in total. The number of rotatable bonds is 5. The second-order valence-corrected chi connectivity index (χ2v) is 6.29. The van der Waals surface area contributed by atoms with E-state index in [0.29, 0.717) is 23.2 Å². The van der Waals surface area contributed by atoms with Gasteiger partial charge in [0.25, 0.3) is 5.91 Å². The van der Waals surface area contributed by atoms with Crippen LogP contribution in [-0.4, -0.2) is 25.0 Å². The molecule has 1 aromatic carbocycles. The van der Waals surface area contributed by atoms with E-state index in [1.807, 2.05) is 19.1 Å². The summed E-state index contributed by atoms with van der Waals surface area (Å²) >= 11 is 6.10. The summed E-state index contributed by atoms with van der Waals surface area (Å²) in [6.07, 6.45) is 7.89. The van der Waals surface area contributed by atoms with E-state index in [1.165, 1.54) is 38.5 Å². The van der Waals surface area contributed by atoms with E-state index in [9.17, 15) is 4.79 Å². The number of amides is 1. The third kappa shape index (κ3) is 6.15. The number of aryl methyl sites for hydroxylation is 1. The lowest BCUT2D eigenvalue weighted by Crippen LogP contribution is -2.36. The first kappa shape index (κ1) is 19.3. The van der Waals surface area contributed by atoms with Gasteiger partial charge in [0.05, 0.1) is 10.6 Å². The summed E-state index contributed by atoms with van der Waals surface area (Å²) in [5.41, 5.74) is 1.61. The zero-order valence-corrected chi connectivity index (χ0v) is 14.7. The van der Waals surface area contributed by atoms with Crippen LogP contribution in [-0.2, 0) is 0 Å². The van der Waals surface area contributed by atoms with Gasteiger partial charge in [-0.25, -0.2) is 0 Å². The SMILES string of the molecule is Cc1ccc(C(=O)NCCNC2CCCCCC2)c(Cl)c1.Cl. The molecule has 0 aliphatic heterocycles. The molecule has 22 heavy (non-hydrogen) atoms. The van der Waals surface area contributed by atoms with E-state index in [2.05, 4.69) is 10.6 Å². The Hall–Kier alpha value is -0.770. The van der Waals surface area contributed by atoms with Crippen LogP contribution in [0.15, 0.2) is 18.2 Å². The van der Waals surface area contributed by atoms with Gasteiger partial charge in [-0.05, 0) is 37.5 Å². The fourth-order valence-corrected chi connectivity index (χ4v) is 3.16. The minimum Gasteiger partial charge on any atom is -0.351 e. The molecule has 0 radical (unpaired) electrons. The van der Waals surface area contributed by atoms with E-state index in [0.717, 1.165) is 12.1 Å². The van der Waals surface area contributed by atoms with Gasteiger partial charge in [0.15, 0.2) is 0 Å². The highest BCUT2D eigenvalue weighted by Crippen LogP contribution is 2.18. The molecule has 0 spiro atoms. The van der Waals surface area contributed by atoms with Crippen LogP contribution in [0.2, 0.25) is 5.02 Å². The third-order valence-corrected chi connectivity index (χ3v) is 4.38. The molecule has 124 valence electrons. The Morgan fingerprint density at radius 1 is 1.18 bits per heavy atom. The second-order valence-electron chi connectivity index (χ2n) is 5.88. The maximum Gasteiger partial charge on any atom is 0.252 e. The molecule has 2 rings (SSSR count). The molecule has 1 amide bonds. The third-order valence-electron chi connectivity index (χ3n) is 4.07. The Kier molecular flexibility index (Phi) is 8.84. The lowest BCUT2D eigenvalue weighted by Gasteiger charge is -2.16. The van der Waals surface area contributed by atoms with Crippen molar-refractivity contribution < 1.29 is 4.79 Å². The molecule has 1 saturated carbocycles. The molecular weight excluding hydrogens is 319 g/mol. The van der Waals surface area contributed by atoms with Gasteiger partial charge in [0.2, 0.25) is 0 Å². The van der Waals surface area contributed by atoms with Crippen molar-refractivity contribution >= 4 is 29.9 Å². The molecule has 0 heterocycles. The van der Waals surface area contributed by atoms with E-state index < -0.39 is 0 Å². The molecular formula is C17H26Cl2N2O. The highest BCUT2D eigenvalue weighted by atomic mass is 35.5. The maximum atomic E-state index is 12.1. The molecule has 1 fully saturated rings. The number of carbonyl (C=O) groups is 1. The Bertz CT molecular complexity index is 472. The Morgan fingerprint density at radius 2 is 1.86 bits per heavy atom. The maximum absolute atomic E-state index is 12.1. The van der Waals surface area contributed by atoms with Gasteiger partial charge in [-0.1, -0.05) is 43.4 Å². The number of benzene rings is 1. The Labute approximate surface area is 144 Å². The molecule has 5 heteroatoms. The predicted octanol–water partition coefficient (Wildman–Crippen LogP) is 4.11. The molecule has 0 aromatic heterocycles. The summed E-state index contributed by atoms with van der Waals surface area (Å²) in [5.74, 6) is -0.0948. The highest BCUT2D eigenvalue weighted by Gasteiger charge is 2.12. The fraction of sp³-hybridized carbons (Fsp3) is 0.588. The predicted molar refractivity (Wildman–Crippen MR) is 95.3 cm³/mol. The van der Waals surface area contributed by atoms with Crippen molar-refractivity contribution in [1.82, 2.24) is 10.6 Å². The zero-order valence-electron chi connectivity index (χ0n) is 13.2. The van der Waals surface area contributed by atoms with E-state index in [-0.39, 0.29) is 18.3 Å². The van der Waals surface area contributed by atoms with Crippen LogP contribution in [0.25, 0.3) is 0 Å². The van der Waals surface area contributed by atoms with E-state index in [4.69, 9.17) is 11.6 Å². The summed E-state index contributed by atoms with van der Waals surface area (Å²) in [7, 11) is 0. The first-order valence-corrected chi connectivity index (χ1v) is 8.32. The summed E-state index contributed by atoms with van der Waals surface area (Å²) in [5, 5.41) is 6.99. The van der Waals surface area contributed by atoms with Crippen LogP contribution in [0.3, 0.4) is 0 Å². The van der Waals surface area contributed by atoms with Crippen molar-refractivity contribution in [3.05, 3.63) is 34.3 Å². The van der Waals surface area contributed by atoms with Gasteiger partial charge in [0, 0.05) is 19.1 Å². The van der Waals surface area contributed by atoms with E-state index >= 15 is 0 Å². The average Bonchev–Trinajstić information content (AvgIpc) is 2.72. The molecule has 0 saturated heterocycles. The van der Waals surface area contributed by atoms with Crippen LogP contribution < -0.4 is 10.6 Å². The fourth-order valence-electron chi connectivity index (χ4n) is 2.84. The molecule has 1 aliphatic carbocycles. The first-order chi connectivity index (χ1) is 10.2.